The maximum Gasteiger partial charge on any atom is 0.253 e. The molecule has 2 saturated heterocycles. The average Bonchev–Trinajstić information content (AvgIpc) is 3.11. The van der Waals surface area contributed by atoms with E-state index in [-0.39, 0.29) is 29.7 Å². The van der Waals surface area contributed by atoms with E-state index in [9.17, 15) is 14.7 Å². The zero-order valence-corrected chi connectivity index (χ0v) is 17.0. The minimum atomic E-state index is -1.36. The molecule has 1 aromatic carbocycles. The first-order valence-electron chi connectivity index (χ1n) is 9.61. The smallest absolute Gasteiger partial charge is 0.253 e. The number of rotatable bonds is 4. The Bertz CT molecular complexity index is 726. The predicted molar refractivity (Wildman–Crippen MR) is 104 cm³/mol. The Hall–Kier alpha value is -1.92. The molecule has 148 valence electrons. The van der Waals surface area contributed by atoms with Crippen molar-refractivity contribution in [1.82, 2.24) is 14.7 Å². The maximum absolute atomic E-state index is 12.9. The first-order chi connectivity index (χ1) is 12.6. The Labute approximate surface area is 161 Å². The van der Waals surface area contributed by atoms with Gasteiger partial charge in [-0.2, -0.15) is 0 Å². The van der Waals surface area contributed by atoms with Crippen LogP contribution in [0, 0.1) is 18.8 Å². The van der Waals surface area contributed by atoms with Gasteiger partial charge in [-0.15, -0.1) is 0 Å². The number of likely N-dealkylation sites (N-methyl/N-ethyl adjacent to an activating group) is 1. The van der Waals surface area contributed by atoms with Crippen LogP contribution in [0.5, 0.6) is 0 Å². The Morgan fingerprint density at radius 3 is 2.44 bits per heavy atom. The van der Waals surface area contributed by atoms with E-state index in [1.54, 1.807) is 4.90 Å². The molecule has 1 N–H and O–H groups in total. The Balaban J connectivity index is 1.90. The molecular weight excluding hydrogens is 342 g/mol. The van der Waals surface area contributed by atoms with Gasteiger partial charge in [-0.3, -0.25) is 9.59 Å². The second-order valence-corrected chi connectivity index (χ2v) is 8.78. The number of carbonyl (C=O) groups excluding carboxylic acids is 2. The zero-order valence-electron chi connectivity index (χ0n) is 17.0. The standard InChI is InChI=1S/C21H31N3O3/c1-14-8-6-7-9-16(14)19-17-12-23(20(26)21(2,3)27)10-15(17)11-24(19)18(25)13-22(4)5/h6-9,15,17,19,27H,10-13H2,1-5H3/t15-,17-,19+/m1/s1. The van der Waals surface area contributed by atoms with Gasteiger partial charge in [-0.05, 0) is 46.0 Å². The quantitative estimate of drug-likeness (QED) is 0.864. The topological polar surface area (TPSA) is 64.1 Å². The molecule has 6 heteroatoms. The highest BCUT2D eigenvalue weighted by atomic mass is 16.3. The summed E-state index contributed by atoms with van der Waals surface area (Å²) in [5.41, 5.74) is 0.963. The van der Waals surface area contributed by atoms with Crippen LogP contribution in [0.15, 0.2) is 24.3 Å². The zero-order chi connectivity index (χ0) is 19.9. The predicted octanol–water partition coefficient (Wildman–Crippen LogP) is 1.29. The summed E-state index contributed by atoms with van der Waals surface area (Å²) in [6.45, 7) is 7.37. The normalized spacial score (nSPS) is 25.2. The van der Waals surface area contributed by atoms with Gasteiger partial charge in [0.1, 0.15) is 5.60 Å². The number of hydrogen-bond donors (Lipinski definition) is 1. The van der Waals surface area contributed by atoms with E-state index < -0.39 is 5.60 Å². The largest absolute Gasteiger partial charge is 0.381 e. The fraction of sp³-hybridized carbons (Fsp3) is 0.619. The third-order valence-electron chi connectivity index (χ3n) is 5.75. The van der Waals surface area contributed by atoms with Gasteiger partial charge in [0.05, 0.1) is 12.6 Å². The summed E-state index contributed by atoms with van der Waals surface area (Å²) in [7, 11) is 3.81. The van der Waals surface area contributed by atoms with Gasteiger partial charge < -0.3 is 19.8 Å². The molecule has 3 rings (SSSR count). The highest BCUT2D eigenvalue weighted by Crippen LogP contribution is 2.46. The molecule has 2 aliphatic rings. The van der Waals surface area contributed by atoms with Crippen molar-refractivity contribution < 1.29 is 14.7 Å². The summed E-state index contributed by atoms with van der Waals surface area (Å²) in [5, 5.41) is 10.1. The van der Waals surface area contributed by atoms with Gasteiger partial charge in [0.15, 0.2) is 0 Å². The summed E-state index contributed by atoms with van der Waals surface area (Å²) in [5.74, 6) is 0.338. The summed E-state index contributed by atoms with van der Waals surface area (Å²) < 4.78 is 0. The molecule has 0 aliphatic carbocycles. The van der Waals surface area contributed by atoms with Crippen LogP contribution >= 0.6 is 0 Å². The van der Waals surface area contributed by atoms with Crippen molar-refractivity contribution in [3.8, 4) is 0 Å². The molecule has 2 heterocycles. The number of carbonyl (C=O) groups is 2. The minimum absolute atomic E-state index is 0.0248. The lowest BCUT2D eigenvalue weighted by Gasteiger charge is -2.32. The van der Waals surface area contributed by atoms with Crippen LogP contribution in [0.3, 0.4) is 0 Å². The molecule has 0 radical (unpaired) electrons. The average molecular weight is 373 g/mol. The highest BCUT2D eigenvalue weighted by Gasteiger charge is 2.51. The van der Waals surface area contributed by atoms with Crippen molar-refractivity contribution in [3.05, 3.63) is 35.4 Å². The van der Waals surface area contributed by atoms with E-state index >= 15 is 0 Å². The second kappa shape index (κ2) is 7.24. The van der Waals surface area contributed by atoms with E-state index in [4.69, 9.17) is 0 Å². The molecule has 0 spiro atoms. The van der Waals surface area contributed by atoms with Crippen molar-refractivity contribution in [2.75, 3.05) is 40.3 Å². The van der Waals surface area contributed by atoms with Crippen molar-refractivity contribution >= 4 is 11.8 Å². The molecule has 3 atom stereocenters. The first-order valence-corrected chi connectivity index (χ1v) is 9.61. The van der Waals surface area contributed by atoms with Gasteiger partial charge in [0.25, 0.3) is 5.91 Å². The minimum Gasteiger partial charge on any atom is -0.381 e. The van der Waals surface area contributed by atoms with Crippen molar-refractivity contribution in [2.24, 2.45) is 11.8 Å². The molecule has 6 nitrogen and oxygen atoms in total. The van der Waals surface area contributed by atoms with Crippen molar-refractivity contribution in [3.63, 3.8) is 0 Å². The van der Waals surface area contributed by atoms with E-state index in [0.717, 1.165) is 11.1 Å². The van der Waals surface area contributed by atoms with Crippen LogP contribution in [0.2, 0.25) is 0 Å². The fourth-order valence-electron chi connectivity index (χ4n) is 4.53. The SMILES string of the molecule is Cc1ccccc1[C@H]1[C@@H]2CN(C(=O)C(C)(C)O)C[C@@H]2CN1C(=O)CN(C)C. The monoisotopic (exact) mass is 373 g/mol. The Morgan fingerprint density at radius 2 is 1.85 bits per heavy atom. The summed E-state index contributed by atoms with van der Waals surface area (Å²) >= 11 is 0. The first kappa shape index (κ1) is 19.8. The van der Waals surface area contributed by atoms with Crippen molar-refractivity contribution in [2.45, 2.75) is 32.4 Å². The lowest BCUT2D eigenvalue weighted by Crippen LogP contribution is -2.46. The summed E-state index contributed by atoms with van der Waals surface area (Å²) in [6, 6.07) is 8.17. The van der Waals surface area contributed by atoms with Gasteiger partial charge >= 0.3 is 0 Å². The van der Waals surface area contributed by atoms with Crippen molar-refractivity contribution in [1.29, 1.82) is 0 Å². The lowest BCUT2D eigenvalue weighted by molar-refractivity contribution is -0.147. The molecule has 0 bridgehead atoms. The van der Waals surface area contributed by atoms with Gasteiger partial charge in [-0.1, -0.05) is 24.3 Å². The summed E-state index contributed by atoms with van der Waals surface area (Å²) in [6.07, 6.45) is 0. The Kier molecular flexibility index (Phi) is 5.32. The number of aryl methyl sites for hydroxylation is 1. The second-order valence-electron chi connectivity index (χ2n) is 8.78. The molecule has 1 aromatic rings. The number of aliphatic hydroxyl groups is 1. The molecule has 0 unspecified atom stereocenters. The van der Waals surface area contributed by atoms with Gasteiger partial charge in [-0.25, -0.2) is 0 Å². The van der Waals surface area contributed by atoms with Gasteiger partial charge in [0, 0.05) is 31.5 Å². The number of amides is 2. The van der Waals surface area contributed by atoms with Crippen LogP contribution in [-0.4, -0.2) is 77.5 Å². The molecule has 2 fully saturated rings. The van der Waals surface area contributed by atoms with Crippen LogP contribution in [0.1, 0.15) is 31.0 Å². The maximum atomic E-state index is 12.9. The van der Waals surface area contributed by atoms with E-state index in [1.165, 1.54) is 13.8 Å². The number of benzene rings is 1. The van der Waals surface area contributed by atoms with Gasteiger partial charge in [0.2, 0.25) is 5.91 Å². The van der Waals surface area contributed by atoms with Crippen LogP contribution in [-0.2, 0) is 9.59 Å². The Morgan fingerprint density at radius 1 is 1.19 bits per heavy atom. The van der Waals surface area contributed by atoms with Crippen LogP contribution in [0.25, 0.3) is 0 Å². The molecular formula is C21H31N3O3. The molecule has 0 aromatic heterocycles. The lowest BCUT2D eigenvalue weighted by atomic mass is 9.87. The molecule has 2 amide bonds. The van der Waals surface area contributed by atoms with E-state index in [1.807, 2.05) is 36.0 Å². The molecule has 2 aliphatic heterocycles. The number of hydrogen-bond acceptors (Lipinski definition) is 4. The number of fused-ring (bicyclic) bond motifs is 1. The highest BCUT2D eigenvalue weighted by molar-refractivity contribution is 5.84. The number of nitrogens with zero attached hydrogens (tertiary/aromatic N) is 3. The van der Waals surface area contributed by atoms with Crippen LogP contribution in [0.4, 0.5) is 0 Å². The van der Waals surface area contributed by atoms with Crippen LogP contribution < -0.4 is 0 Å². The summed E-state index contributed by atoms with van der Waals surface area (Å²) in [4.78, 5) is 31.2. The number of likely N-dealkylation sites (tertiary alicyclic amines) is 2. The molecule has 0 saturated carbocycles. The third-order valence-corrected chi connectivity index (χ3v) is 5.75. The van der Waals surface area contributed by atoms with E-state index in [0.29, 0.717) is 26.2 Å². The van der Waals surface area contributed by atoms with E-state index in [2.05, 4.69) is 19.1 Å². The fourth-order valence-corrected chi connectivity index (χ4v) is 4.53. The third kappa shape index (κ3) is 3.87. The molecule has 27 heavy (non-hydrogen) atoms.